The van der Waals surface area contributed by atoms with Crippen molar-refractivity contribution < 1.29 is 23.8 Å². The Bertz CT molecular complexity index is 1130. The molecule has 1 N–H and O–H groups in total. The van der Waals surface area contributed by atoms with Crippen LogP contribution in [0.2, 0.25) is 0 Å². The molecule has 0 spiro atoms. The number of hydrogen-bond acceptors (Lipinski definition) is 5. The number of Topliss-reactive ketones (excluding diaryl/α,β-unsaturated/α-hetero) is 1. The molecule has 3 atom stereocenters. The number of carbonyl (C=O) groups is 2. The Balaban J connectivity index is 1.40. The summed E-state index contributed by atoms with van der Waals surface area (Å²) in [6, 6.07) is 5.81. The van der Waals surface area contributed by atoms with Crippen molar-refractivity contribution in [3.63, 3.8) is 0 Å². The van der Waals surface area contributed by atoms with E-state index in [0.29, 0.717) is 13.0 Å². The molecule has 1 saturated heterocycles. The van der Waals surface area contributed by atoms with Gasteiger partial charge in [-0.1, -0.05) is 25.0 Å². The minimum atomic E-state index is -0.833. The molecule has 32 heavy (non-hydrogen) atoms. The fraction of sp³-hybridized carbons (Fsp3) is 0.458. The largest absolute Gasteiger partial charge is 0.503 e. The van der Waals surface area contributed by atoms with E-state index in [1.165, 1.54) is 22.9 Å². The number of aromatic hydroxyl groups is 1. The van der Waals surface area contributed by atoms with Crippen LogP contribution in [0.5, 0.6) is 5.75 Å². The predicted octanol–water partition coefficient (Wildman–Crippen LogP) is 2.88. The number of halogens is 1. The van der Waals surface area contributed by atoms with Crippen LogP contribution in [-0.2, 0) is 17.7 Å². The second-order valence-electron chi connectivity index (χ2n) is 8.90. The van der Waals surface area contributed by atoms with E-state index >= 15 is 0 Å². The van der Waals surface area contributed by atoms with E-state index in [4.69, 9.17) is 4.74 Å². The molecule has 1 saturated carbocycles. The number of pyridine rings is 1. The van der Waals surface area contributed by atoms with Crippen molar-refractivity contribution in [1.29, 1.82) is 0 Å². The summed E-state index contributed by atoms with van der Waals surface area (Å²) in [7, 11) is 0. The maximum absolute atomic E-state index is 13.1. The highest BCUT2D eigenvalue weighted by atomic mass is 19.1. The lowest BCUT2D eigenvalue weighted by molar-refractivity contribution is -0.169. The van der Waals surface area contributed by atoms with Crippen LogP contribution in [-0.4, -0.2) is 45.1 Å². The van der Waals surface area contributed by atoms with Crippen molar-refractivity contribution in [3.8, 4) is 5.75 Å². The summed E-state index contributed by atoms with van der Waals surface area (Å²) in [5.74, 6) is -1.65. The lowest BCUT2D eigenvalue weighted by Crippen LogP contribution is -2.59. The maximum Gasteiger partial charge on any atom is 0.276 e. The molecule has 0 bridgehead atoms. The summed E-state index contributed by atoms with van der Waals surface area (Å²) in [6.07, 6.45) is 5.57. The monoisotopic (exact) mass is 440 g/mol. The summed E-state index contributed by atoms with van der Waals surface area (Å²) >= 11 is 0. The van der Waals surface area contributed by atoms with Crippen molar-refractivity contribution in [2.75, 3.05) is 6.54 Å². The van der Waals surface area contributed by atoms with Crippen LogP contribution in [0.4, 0.5) is 4.39 Å². The van der Waals surface area contributed by atoms with E-state index in [9.17, 15) is 23.9 Å². The molecule has 5 rings (SSSR count). The first-order valence-electron chi connectivity index (χ1n) is 11.1. The molecule has 1 unspecified atom stereocenters. The van der Waals surface area contributed by atoms with Gasteiger partial charge in [0.05, 0.1) is 18.2 Å². The van der Waals surface area contributed by atoms with Gasteiger partial charge in [-0.3, -0.25) is 14.4 Å². The Hall–Kier alpha value is -3.00. The van der Waals surface area contributed by atoms with Gasteiger partial charge < -0.3 is 19.3 Å². The minimum Gasteiger partial charge on any atom is -0.503 e. The van der Waals surface area contributed by atoms with E-state index in [0.717, 1.165) is 31.2 Å². The van der Waals surface area contributed by atoms with Crippen LogP contribution in [0, 0.1) is 11.7 Å². The maximum atomic E-state index is 13.1. The molecule has 8 heteroatoms. The Kier molecular flexibility index (Phi) is 5.33. The molecular weight excluding hydrogens is 415 g/mol. The zero-order chi connectivity index (χ0) is 22.4. The highest BCUT2D eigenvalue weighted by molar-refractivity contribution is 6.00. The molecule has 1 aromatic carbocycles. The highest BCUT2D eigenvalue weighted by Gasteiger charge is 2.44. The van der Waals surface area contributed by atoms with Gasteiger partial charge in [0, 0.05) is 25.1 Å². The fourth-order valence-corrected chi connectivity index (χ4v) is 5.13. The van der Waals surface area contributed by atoms with Gasteiger partial charge in [0.1, 0.15) is 5.82 Å². The van der Waals surface area contributed by atoms with Crippen molar-refractivity contribution in [3.05, 3.63) is 63.3 Å². The molecule has 3 aliphatic rings. The average molecular weight is 440 g/mol. The molecule has 1 amide bonds. The zero-order valence-electron chi connectivity index (χ0n) is 17.6. The first kappa shape index (κ1) is 20.9. The number of aryl methyl sites for hydroxylation is 1. The minimum absolute atomic E-state index is 0.0312. The SMILES string of the molecule is O=C(CCc1ccc(F)cc1)c1cn2c(c(O)c1=O)C(=O)N1C[C@@H]3CCCC[C@@H]3OC1C2. The fourth-order valence-electron chi connectivity index (χ4n) is 5.13. The van der Waals surface area contributed by atoms with Crippen LogP contribution in [0.15, 0.2) is 35.3 Å². The van der Waals surface area contributed by atoms with Gasteiger partial charge in [0.25, 0.3) is 5.91 Å². The third-order valence-electron chi connectivity index (χ3n) is 6.88. The number of rotatable bonds is 4. The van der Waals surface area contributed by atoms with E-state index in [-0.39, 0.29) is 42.1 Å². The lowest BCUT2D eigenvalue weighted by Gasteiger charge is -2.48. The Morgan fingerprint density at radius 1 is 1.12 bits per heavy atom. The number of ether oxygens (including phenoxy) is 1. The van der Waals surface area contributed by atoms with E-state index in [2.05, 4.69) is 0 Å². The van der Waals surface area contributed by atoms with Gasteiger partial charge in [-0.2, -0.15) is 0 Å². The molecule has 2 aromatic rings. The molecule has 1 aromatic heterocycles. The second-order valence-corrected chi connectivity index (χ2v) is 8.90. The van der Waals surface area contributed by atoms with Crippen molar-refractivity contribution in [2.24, 2.45) is 5.92 Å². The molecule has 7 nitrogen and oxygen atoms in total. The Morgan fingerprint density at radius 2 is 1.88 bits per heavy atom. The molecular formula is C24H25FN2O5. The molecule has 168 valence electrons. The first-order valence-corrected chi connectivity index (χ1v) is 11.1. The zero-order valence-corrected chi connectivity index (χ0v) is 17.6. The van der Waals surface area contributed by atoms with Crippen LogP contribution < -0.4 is 5.43 Å². The van der Waals surface area contributed by atoms with Gasteiger partial charge >= 0.3 is 0 Å². The standard InChI is InChI=1S/C24H25FN2O5/c25-16-8-5-14(6-9-16)7-10-18(28)17-12-26-13-20-27(24(31)21(26)23(30)22(17)29)11-15-3-1-2-4-19(15)32-20/h5-6,8-9,12,15,19-20,30H,1-4,7,10-11,13H2/t15-,19-,20?/m0/s1. The second kappa shape index (κ2) is 8.16. The molecule has 2 fully saturated rings. The van der Waals surface area contributed by atoms with Crippen LogP contribution in [0.1, 0.15) is 58.5 Å². The van der Waals surface area contributed by atoms with Gasteiger partial charge in [-0.25, -0.2) is 4.39 Å². The van der Waals surface area contributed by atoms with Crippen LogP contribution >= 0.6 is 0 Å². The van der Waals surface area contributed by atoms with Crippen molar-refractivity contribution >= 4 is 11.7 Å². The van der Waals surface area contributed by atoms with Crippen molar-refractivity contribution in [2.45, 2.75) is 57.4 Å². The normalized spacial score (nSPS) is 24.5. The summed E-state index contributed by atoms with van der Waals surface area (Å²) < 4.78 is 20.8. The third kappa shape index (κ3) is 3.62. The number of aromatic nitrogens is 1. The summed E-state index contributed by atoms with van der Waals surface area (Å²) in [4.78, 5) is 40.2. The third-order valence-corrected chi connectivity index (χ3v) is 6.88. The topological polar surface area (TPSA) is 88.8 Å². The van der Waals surface area contributed by atoms with Gasteiger partial charge in [-0.15, -0.1) is 0 Å². The molecule has 0 radical (unpaired) electrons. The summed E-state index contributed by atoms with van der Waals surface area (Å²) in [5, 5.41) is 10.6. The Morgan fingerprint density at radius 3 is 2.66 bits per heavy atom. The predicted molar refractivity (Wildman–Crippen MR) is 113 cm³/mol. The summed E-state index contributed by atoms with van der Waals surface area (Å²) in [5.41, 5.74) is -0.300. The van der Waals surface area contributed by atoms with E-state index in [1.807, 2.05) is 0 Å². The van der Waals surface area contributed by atoms with Crippen LogP contribution in [0.25, 0.3) is 0 Å². The summed E-state index contributed by atoms with van der Waals surface area (Å²) in [6.45, 7) is 0.816. The number of ketones is 1. The van der Waals surface area contributed by atoms with Gasteiger partial charge in [-0.05, 0) is 37.0 Å². The van der Waals surface area contributed by atoms with Crippen molar-refractivity contribution in [1.82, 2.24) is 9.47 Å². The number of fused-ring (bicyclic) bond motifs is 3. The quantitative estimate of drug-likeness (QED) is 0.739. The molecule has 3 heterocycles. The molecule has 2 aliphatic heterocycles. The lowest BCUT2D eigenvalue weighted by atomic mass is 9.84. The first-order chi connectivity index (χ1) is 15.4. The van der Waals surface area contributed by atoms with E-state index < -0.39 is 29.1 Å². The number of carbonyl (C=O) groups excluding carboxylic acids is 2. The smallest absolute Gasteiger partial charge is 0.276 e. The number of benzene rings is 1. The number of amides is 1. The van der Waals surface area contributed by atoms with Crippen LogP contribution in [0.3, 0.4) is 0 Å². The van der Waals surface area contributed by atoms with Gasteiger partial charge in [0.15, 0.2) is 23.5 Å². The molecule has 1 aliphatic carbocycles. The van der Waals surface area contributed by atoms with Gasteiger partial charge in [0.2, 0.25) is 5.43 Å². The Labute approximate surface area is 184 Å². The average Bonchev–Trinajstić information content (AvgIpc) is 2.79. The highest BCUT2D eigenvalue weighted by Crippen LogP contribution is 2.36. The van der Waals surface area contributed by atoms with E-state index in [1.54, 1.807) is 17.0 Å². The number of hydrogen-bond donors (Lipinski definition) is 1. The number of nitrogens with zero attached hydrogens (tertiary/aromatic N) is 2.